The van der Waals surface area contributed by atoms with Crippen LogP contribution in [-0.4, -0.2) is 84.0 Å². The maximum atomic E-state index is 12.8. The first-order valence-corrected chi connectivity index (χ1v) is 11.9. The molecule has 1 aromatic heterocycles. The molecule has 1 aromatic rings. The molecule has 2 fully saturated rings. The Hall–Kier alpha value is -3.86. The van der Waals surface area contributed by atoms with E-state index in [2.05, 4.69) is 19.9 Å². The van der Waals surface area contributed by atoms with Gasteiger partial charge >= 0.3 is 5.97 Å². The molecular weight excluding hydrogens is 502 g/mol. The highest BCUT2D eigenvalue weighted by Gasteiger charge is 2.54. The lowest BCUT2D eigenvalue weighted by Gasteiger charge is -2.49. The number of aliphatic carboxylic acids is 1. The number of nitrogens with two attached hydrogens (primary N) is 2. The van der Waals surface area contributed by atoms with Gasteiger partial charge in [-0.3, -0.25) is 24.7 Å². The van der Waals surface area contributed by atoms with E-state index < -0.39 is 35.2 Å². The number of carboxylic acids is 1. The van der Waals surface area contributed by atoms with Crippen molar-refractivity contribution >= 4 is 58.0 Å². The molecule has 7 N–H and O–H groups in total. The van der Waals surface area contributed by atoms with E-state index in [1.165, 1.54) is 22.7 Å². The average Bonchev–Trinajstić information content (AvgIpc) is 3.37. The summed E-state index contributed by atoms with van der Waals surface area (Å²) in [5.41, 5.74) is 11.2. The highest BCUT2D eigenvalue weighted by atomic mass is 32.2. The number of anilines is 1. The molecule has 0 aromatic carbocycles. The Bertz CT molecular complexity index is 1210. The molecule has 4 heterocycles. The molecule has 3 aliphatic heterocycles. The molecule has 3 unspecified atom stereocenters. The molecule has 0 radical (unpaired) electrons. The van der Waals surface area contributed by atoms with Gasteiger partial charge in [0, 0.05) is 29.4 Å². The van der Waals surface area contributed by atoms with Crippen LogP contribution in [0.25, 0.3) is 0 Å². The summed E-state index contributed by atoms with van der Waals surface area (Å²) in [6.45, 7) is 0.321. The minimum absolute atomic E-state index is 0.0243. The second-order valence-electron chi connectivity index (χ2n) is 7.75. The monoisotopic (exact) mass is 521 g/mol. The fourth-order valence-electron chi connectivity index (χ4n) is 3.92. The lowest BCUT2D eigenvalue weighted by Crippen LogP contribution is -2.70. The Balaban J connectivity index is 1.52. The van der Waals surface area contributed by atoms with Crippen molar-refractivity contribution in [1.82, 2.24) is 24.5 Å². The van der Waals surface area contributed by atoms with Crippen LogP contribution in [0.15, 0.2) is 28.1 Å². The average molecular weight is 522 g/mol. The second-order valence-corrected chi connectivity index (χ2v) is 9.63. The van der Waals surface area contributed by atoms with E-state index in [1.54, 1.807) is 0 Å². The van der Waals surface area contributed by atoms with E-state index in [0.717, 1.165) is 16.4 Å². The van der Waals surface area contributed by atoms with Crippen LogP contribution in [0.4, 0.5) is 5.13 Å². The largest absolute Gasteiger partial charge is 0.477 e. The van der Waals surface area contributed by atoms with Gasteiger partial charge in [0.1, 0.15) is 22.9 Å². The fourth-order valence-corrected chi connectivity index (χ4v) is 5.69. The van der Waals surface area contributed by atoms with E-state index in [9.17, 15) is 29.2 Å². The van der Waals surface area contributed by atoms with Crippen LogP contribution in [-0.2, 0) is 19.2 Å². The smallest absolute Gasteiger partial charge is 0.352 e. The third kappa shape index (κ3) is 4.46. The van der Waals surface area contributed by atoms with Crippen LogP contribution in [0.5, 0.6) is 0 Å². The molecule has 35 heavy (non-hydrogen) atoms. The minimum Gasteiger partial charge on any atom is -0.477 e. The van der Waals surface area contributed by atoms with Gasteiger partial charge in [-0.25, -0.2) is 9.78 Å². The van der Waals surface area contributed by atoms with Gasteiger partial charge in [-0.2, -0.15) is 4.37 Å². The van der Waals surface area contributed by atoms with Crippen molar-refractivity contribution in [2.45, 2.75) is 23.9 Å². The standard InChI is InChI=1S/C18H19N9O6S2/c19-8(20)4-26-2-1-6(14(26)29)3-7-5-34-16-10(15(30)27(16)11(7)17(31)32)22-13(28)9(24-33)12-23-18(21)35-25-12/h3,9-10,16H,1-2,4-5H2,(H3,19,20)(H,22,28)(H,31,32)(H2,21,23,25). The molecule has 3 atom stereocenters. The molecule has 3 aliphatic rings. The highest BCUT2D eigenvalue weighted by Crippen LogP contribution is 2.41. The maximum Gasteiger partial charge on any atom is 0.352 e. The minimum atomic E-state index is -1.61. The van der Waals surface area contributed by atoms with E-state index in [-0.39, 0.29) is 46.3 Å². The number of allylic oxidation sites excluding steroid dienone is 1. The van der Waals surface area contributed by atoms with Gasteiger partial charge in [0.25, 0.3) is 11.8 Å². The predicted octanol–water partition coefficient (Wildman–Crippen LogP) is -1.24. The number of fused-ring (bicyclic) bond motifs is 1. The number of nitrogen functional groups attached to an aromatic ring is 1. The van der Waals surface area contributed by atoms with E-state index in [4.69, 9.17) is 16.9 Å². The van der Waals surface area contributed by atoms with Gasteiger partial charge in [-0.1, -0.05) is 0 Å². The number of hydrogen-bond donors (Lipinski definition) is 5. The topological polar surface area (TPSA) is 238 Å². The third-order valence-corrected chi connectivity index (χ3v) is 7.34. The highest BCUT2D eigenvalue weighted by molar-refractivity contribution is 8.00. The molecule has 3 amide bonds. The van der Waals surface area contributed by atoms with Gasteiger partial charge in [-0.05, 0) is 23.2 Å². The number of β-lactam (4-membered cyclic amide) rings is 1. The van der Waals surface area contributed by atoms with Crippen molar-refractivity contribution in [2.24, 2.45) is 10.9 Å². The number of likely N-dealkylation sites (tertiary alicyclic amines) is 1. The first-order valence-electron chi connectivity index (χ1n) is 10.1. The lowest BCUT2D eigenvalue weighted by atomic mass is 10.0. The molecule has 15 nitrogen and oxygen atoms in total. The predicted molar refractivity (Wildman–Crippen MR) is 124 cm³/mol. The van der Waals surface area contributed by atoms with Crippen LogP contribution < -0.4 is 16.8 Å². The summed E-state index contributed by atoms with van der Waals surface area (Å²) in [4.78, 5) is 67.4. The van der Waals surface area contributed by atoms with E-state index in [1.807, 2.05) is 0 Å². The molecule has 0 spiro atoms. The number of amidine groups is 1. The zero-order chi connectivity index (χ0) is 25.4. The zero-order valence-corrected chi connectivity index (χ0v) is 19.5. The van der Waals surface area contributed by atoms with Crippen molar-refractivity contribution in [3.63, 3.8) is 0 Å². The van der Waals surface area contributed by atoms with Crippen LogP contribution in [0, 0.1) is 10.3 Å². The third-order valence-electron chi connectivity index (χ3n) is 5.48. The quantitative estimate of drug-likeness (QED) is 0.0891. The van der Waals surface area contributed by atoms with Crippen molar-refractivity contribution < 1.29 is 24.3 Å². The van der Waals surface area contributed by atoms with Gasteiger partial charge in [0.2, 0.25) is 11.9 Å². The van der Waals surface area contributed by atoms with Crippen molar-refractivity contribution in [3.8, 4) is 0 Å². The molecule has 0 bridgehead atoms. The number of thioether (sulfide) groups is 1. The van der Waals surface area contributed by atoms with Gasteiger partial charge in [0.15, 0.2) is 11.0 Å². The van der Waals surface area contributed by atoms with Crippen LogP contribution in [0.3, 0.4) is 0 Å². The Kier molecular flexibility index (Phi) is 6.53. The number of carbonyl (C=O) groups is 4. The molecule has 4 rings (SSSR count). The number of nitrogens with zero attached hydrogens (tertiary/aromatic N) is 5. The molecule has 2 saturated heterocycles. The summed E-state index contributed by atoms with van der Waals surface area (Å²) >= 11 is 1.98. The number of nitroso groups, excluding NO2 is 1. The zero-order valence-electron chi connectivity index (χ0n) is 17.8. The first kappa shape index (κ1) is 24.3. The Morgan fingerprint density at radius 1 is 1.40 bits per heavy atom. The molecule has 17 heteroatoms. The Labute approximate surface area is 205 Å². The van der Waals surface area contributed by atoms with Crippen molar-refractivity contribution in [3.05, 3.63) is 33.7 Å². The Morgan fingerprint density at radius 3 is 2.74 bits per heavy atom. The lowest BCUT2D eigenvalue weighted by molar-refractivity contribution is -0.150. The van der Waals surface area contributed by atoms with Crippen molar-refractivity contribution in [2.75, 3.05) is 24.6 Å². The molecule has 0 saturated carbocycles. The fraction of sp³-hybridized carbons (Fsp3) is 0.389. The summed E-state index contributed by atoms with van der Waals surface area (Å²) in [6.07, 6.45) is 1.80. The van der Waals surface area contributed by atoms with Crippen molar-refractivity contribution in [1.29, 1.82) is 5.41 Å². The molecular formula is C18H19N9O6S2. The SMILES string of the molecule is N=C(N)CN1CCC(=CC2=C(C(=O)O)N3C(=O)C(NC(=O)C(N=O)c4nsc(N)n4)C3SC2)C1=O. The number of aromatic nitrogens is 2. The number of carboxylic acid groups (broad SMARTS) is 1. The van der Waals surface area contributed by atoms with E-state index >= 15 is 0 Å². The maximum absolute atomic E-state index is 12.8. The van der Waals surface area contributed by atoms with Gasteiger partial charge in [0.05, 0.1) is 6.54 Å². The number of hydrogen-bond acceptors (Lipinski definition) is 12. The van der Waals surface area contributed by atoms with Crippen LogP contribution in [0.2, 0.25) is 0 Å². The van der Waals surface area contributed by atoms with Crippen LogP contribution in [0.1, 0.15) is 18.3 Å². The van der Waals surface area contributed by atoms with Gasteiger partial charge in [-0.15, -0.1) is 16.7 Å². The van der Waals surface area contributed by atoms with Crippen LogP contribution >= 0.6 is 23.3 Å². The molecule has 184 valence electrons. The molecule has 0 aliphatic carbocycles. The number of rotatable bonds is 8. The summed E-state index contributed by atoms with van der Waals surface area (Å²) in [6, 6.07) is -2.70. The Morgan fingerprint density at radius 2 is 2.14 bits per heavy atom. The number of carbonyl (C=O) groups excluding carboxylic acids is 3. The summed E-state index contributed by atoms with van der Waals surface area (Å²) in [7, 11) is 0. The van der Waals surface area contributed by atoms with E-state index in [0.29, 0.717) is 18.5 Å². The number of amides is 3. The summed E-state index contributed by atoms with van der Waals surface area (Å²) < 4.78 is 3.79. The van der Waals surface area contributed by atoms with Gasteiger partial charge < -0.3 is 26.8 Å². The second kappa shape index (κ2) is 9.41. The summed E-state index contributed by atoms with van der Waals surface area (Å²) in [5, 5.41) is 21.6. The summed E-state index contributed by atoms with van der Waals surface area (Å²) in [5.74, 6) is -3.51. The normalized spacial score (nSPS) is 23.7. The number of nitrogens with one attached hydrogen (secondary N) is 2. The first-order chi connectivity index (χ1) is 16.6.